The van der Waals surface area contributed by atoms with E-state index >= 15 is 0 Å². The Morgan fingerprint density at radius 1 is 1.18 bits per heavy atom. The van der Waals surface area contributed by atoms with E-state index in [1.54, 1.807) is 18.3 Å². The Morgan fingerprint density at radius 2 is 1.94 bits per heavy atom. The smallest absolute Gasteiger partial charge is 0.253 e. The predicted octanol–water partition coefficient (Wildman–Crippen LogP) is 4.00. The second-order valence-electron chi connectivity index (χ2n) is 8.77. The summed E-state index contributed by atoms with van der Waals surface area (Å²) < 4.78 is 2.02. The Labute approximate surface area is 201 Å². The number of aromatic nitrogens is 3. The van der Waals surface area contributed by atoms with Crippen LogP contribution >= 0.6 is 11.6 Å². The number of benzene rings is 2. The Morgan fingerprint density at radius 3 is 2.65 bits per heavy atom. The molecule has 0 aliphatic heterocycles. The third kappa shape index (κ3) is 4.17. The first kappa shape index (κ1) is 22.2. The fourth-order valence-electron chi connectivity index (χ4n) is 3.96. The van der Waals surface area contributed by atoms with Crippen molar-refractivity contribution < 1.29 is 9.59 Å². The minimum absolute atomic E-state index is 0.154. The van der Waals surface area contributed by atoms with Crippen LogP contribution in [0.25, 0.3) is 27.9 Å². The van der Waals surface area contributed by atoms with Crippen molar-refractivity contribution in [2.75, 3.05) is 11.9 Å². The number of primary amides is 1. The first-order valence-corrected chi connectivity index (χ1v) is 11.6. The Balaban J connectivity index is 1.63. The summed E-state index contributed by atoms with van der Waals surface area (Å²) in [4.78, 5) is 33.1. The molecule has 4 aromatic rings. The van der Waals surface area contributed by atoms with Crippen molar-refractivity contribution in [3.63, 3.8) is 0 Å². The van der Waals surface area contributed by atoms with E-state index in [1.165, 1.54) is 0 Å². The number of anilines is 1. The number of halogens is 1. The molecule has 34 heavy (non-hydrogen) atoms. The van der Waals surface area contributed by atoms with Crippen LogP contribution in [0.15, 0.2) is 36.5 Å². The number of fused-ring (bicyclic) bond motifs is 3. The number of carbonyl (C=O) groups is 2. The number of rotatable bonds is 7. The summed E-state index contributed by atoms with van der Waals surface area (Å²) >= 11 is 6.53. The lowest BCUT2D eigenvalue weighted by Crippen LogP contribution is -2.25. The van der Waals surface area contributed by atoms with Crippen LogP contribution in [0.5, 0.6) is 0 Å². The van der Waals surface area contributed by atoms with Gasteiger partial charge in [-0.2, -0.15) is 0 Å². The third-order valence-electron chi connectivity index (χ3n) is 6.12. The zero-order valence-electron chi connectivity index (χ0n) is 19.0. The largest absolute Gasteiger partial charge is 0.370 e. The van der Waals surface area contributed by atoms with E-state index in [1.807, 2.05) is 23.5 Å². The van der Waals surface area contributed by atoms with Crippen LogP contribution in [0.2, 0.25) is 5.02 Å². The summed E-state index contributed by atoms with van der Waals surface area (Å²) in [6.07, 6.45) is 3.98. The van der Waals surface area contributed by atoms with Gasteiger partial charge in [0, 0.05) is 24.6 Å². The average Bonchev–Trinajstić information content (AvgIpc) is 3.48. The van der Waals surface area contributed by atoms with Crippen LogP contribution in [0.1, 0.15) is 40.7 Å². The van der Waals surface area contributed by atoms with Crippen molar-refractivity contribution in [3.05, 3.63) is 58.2 Å². The van der Waals surface area contributed by atoms with Gasteiger partial charge in [-0.25, -0.2) is 9.97 Å². The van der Waals surface area contributed by atoms with E-state index in [2.05, 4.69) is 28.6 Å². The molecule has 8 nitrogen and oxygen atoms in total. The standard InChI is InChI=1S/C25H25ClN6O2/c1-13-9-19-20(10-14(13)2)32-21(12-29-24(32)23(31-19)28-8-7-22(27)33)15-3-6-17(18(26)11-15)25(34)30-16-4-5-16/h3,6,9-12,16H,4-5,7-8H2,1-2H3,(H2,27,33)(H,28,31)(H,30,34). The maximum absolute atomic E-state index is 12.5. The van der Waals surface area contributed by atoms with E-state index in [0.717, 1.165) is 46.3 Å². The van der Waals surface area contributed by atoms with E-state index in [0.29, 0.717) is 28.6 Å². The molecule has 1 aliphatic rings. The molecule has 0 spiro atoms. The minimum Gasteiger partial charge on any atom is -0.370 e. The highest BCUT2D eigenvalue weighted by atomic mass is 35.5. The van der Waals surface area contributed by atoms with Gasteiger partial charge in [0.2, 0.25) is 5.91 Å². The normalized spacial score (nSPS) is 13.4. The predicted molar refractivity (Wildman–Crippen MR) is 133 cm³/mol. The molecular weight excluding hydrogens is 452 g/mol. The highest BCUT2D eigenvalue weighted by Crippen LogP contribution is 2.32. The summed E-state index contributed by atoms with van der Waals surface area (Å²) in [6, 6.07) is 9.80. The van der Waals surface area contributed by atoms with E-state index in [9.17, 15) is 9.59 Å². The molecule has 5 rings (SSSR count). The zero-order chi connectivity index (χ0) is 24.0. The average molecular weight is 477 g/mol. The molecule has 174 valence electrons. The Bertz CT molecular complexity index is 1460. The molecule has 1 fully saturated rings. The molecule has 2 heterocycles. The fourth-order valence-corrected chi connectivity index (χ4v) is 4.23. The molecule has 0 saturated heterocycles. The van der Waals surface area contributed by atoms with Crippen molar-refractivity contribution in [2.24, 2.45) is 5.73 Å². The molecular formula is C25H25ClN6O2. The first-order chi connectivity index (χ1) is 16.3. The molecule has 1 aliphatic carbocycles. The van der Waals surface area contributed by atoms with Crippen LogP contribution in [0.4, 0.5) is 5.82 Å². The summed E-state index contributed by atoms with van der Waals surface area (Å²) in [7, 11) is 0. The lowest BCUT2D eigenvalue weighted by molar-refractivity contribution is -0.117. The SMILES string of the molecule is Cc1cc2nc(NCCC(N)=O)c3ncc(-c4ccc(C(=O)NC5CC5)c(Cl)c4)n3c2cc1C. The number of nitrogens with zero attached hydrogens (tertiary/aromatic N) is 3. The number of imidazole rings is 1. The summed E-state index contributed by atoms with van der Waals surface area (Å²) in [5.74, 6) is 0.0222. The lowest BCUT2D eigenvalue weighted by Gasteiger charge is -2.13. The number of aryl methyl sites for hydroxylation is 2. The van der Waals surface area contributed by atoms with Crippen LogP contribution in [0, 0.1) is 13.8 Å². The van der Waals surface area contributed by atoms with E-state index in [4.69, 9.17) is 22.3 Å². The molecule has 2 aromatic carbocycles. The number of nitrogens with one attached hydrogen (secondary N) is 2. The molecule has 2 amide bonds. The highest BCUT2D eigenvalue weighted by molar-refractivity contribution is 6.34. The maximum Gasteiger partial charge on any atom is 0.253 e. The summed E-state index contributed by atoms with van der Waals surface area (Å²) in [5.41, 5.74) is 12.0. The second kappa shape index (κ2) is 8.61. The number of carbonyl (C=O) groups excluding carboxylic acids is 2. The number of hydrogen-bond acceptors (Lipinski definition) is 5. The van der Waals surface area contributed by atoms with Gasteiger partial charge in [-0.15, -0.1) is 0 Å². The van der Waals surface area contributed by atoms with Gasteiger partial charge in [0.15, 0.2) is 11.5 Å². The van der Waals surface area contributed by atoms with Crippen molar-refractivity contribution in [2.45, 2.75) is 39.2 Å². The fraction of sp³-hybridized carbons (Fsp3) is 0.280. The van der Waals surface area contributed by atoms with Gasteiger partial charge in [0.25, 0.3) is 5.91 Å². The van der Waals surface area contributed by atoms with E-state index < -0.39 is 0 Å². The molecule has 0 radical (unpaired) electrons. The molecule has 0 atom stereocenters. The molecule has 4 N–H and O–H groups in total. The third-order valence-corrected chi connectivity index (χ3v) is 6.44. The Kier molecular flexibility index (Phi) is 5.61. The van der Waals surface area contributed by atoms with Gasteiger partial charge in [-0.1, -0.05) is 17.7 Å². The minimum atomic E-state index is -0.389. The maximum atomic E-state index is 12.5. The van der Waals surface area contributed by atoms with Gasteiger partial charge in [-0.05, 0) is 62.1 Å². The molecule has 1 saturated carbocycles. The lowest BCUT2D eigenvalue weighted by atomic mass is 10.1. The summed E-state index contributed by atoms with van der Waals surface area (Å²) in [6.45, 7) is 4.45. The van der Waals surface area contributed by atoms with Crippen LogP contribution < -0.4 is 16.4 Å². The van der Waals surface area contributed by atoms with Crippen molar-refractivity contribution in [1.29, 1.82) is 0 Å². The van der Waals surface area contributed by atoms with Gasteiger partial charge in [0.05, 0.1) is 33.5 Å². The quantitative estimate of drug-likeness (QED) is 0.373. The van der Waals surface area contributed by atoms with Gasteiger partial charge < -0.3 is 16.4 Å². The molecule has 9 heteroatoms. The molecule has 0 bridgehead atoms. The van der Waals surface area contributed by atoms with Gasteiger partial charge in [-0.3, -0.25) is 14.0 Å². The number of hydrogen-bond donors (Lipinski definition) is 3. The molecule has 2 aromatic heterocycles. The topological polar surface area (TPSA) is 114 Å². The van der Waals surface area contributed by atoms with Crippen molar-refractivity contribution >= 4 is 45.9 Å². The monoisotopic (exact) mass is 476 g/mol. The Hall–Kier alpha value is -3.65. The van der Waals surface area contributed by atoms with Crippen molar-refractivity contribution in [1.82, 2.24) is 19.7 Å². The van der Waals surface area contributed by atoms with Crippen molar-refractivity contribution in [3.8, 4) is 11.3 Å². The van der Waals surface area contributed by atoms with Crippen LogP contribution in [-0.2, 0) is 4.79 Å². The zero-order valence-corrected chi connectivity index (χ0v) is 19.7. The van der Waals surface area contributed by atoms with Crippen LogP contribution in [0.3, 0.4) is 0 Å². The van der Waals surface area contributed by atoms with Gasteiger partial charge >= 0.3 is 0 Å². The number of nitrogens with two attached hydrogens (primary N) is 1. The summed E-state index contributed by atoms with van der Waals surface area (Å²) in [5, 5.41) is 6.56. The van der Waals surface area contributed by atoms with Crippen LogP contribution in [-0.4, -0.2) is 38.8 Å². The highest BCUT2D eigenvalue weighted by Gasteiger charge is 2.25. The molecule has 0 unspecified atom stereocenters. The van der Waals surface area contributed by atoms with Gasteiger partial charge in [0.1, 0.15) is 0 Å². The second-order valence-corrected chi connectivity index (χ2v) is 9.18. The first-order valence-electron chi connectivity index (χ1n) is 11.2. The van der Waals surface area contributed by atoms with E-state index in [-0.39, 0.29) is 24.3 Å². The number of amides is 2.